The molecule has 7 heteroatoms. The van der Waals surface area contributed by atoms with Gasteiger partial charge in [-0.25, -0.2) is 4.79 Å². The monoisotopic (exact) mass is 425 g/mol. The van der Waals surface area contributed by atoms with Crippen LogP contribution in [0.2, 0.25) is 0 Å². The van der Waals surface area contributed by atoms with Gasteiger partial charge in [0.15, 0.2) is 0 Å². The lowest BCUT2D eigenvalue weighted by Gasteiger charge is -2.39. The van der Waals surface area contributed by atoms with Gasteiger partial charge in [-0.05, 0) is 38.0 Å². The number of amides is 2. The number of hydrogen-bond donors (Lipinski definition) is 2. The fourth-order valence-corrected chi connectivity index (χ4v) is 3.17. The Hall–Kier alpha value is -1.89. The Morgan fingerprint density at radius 1 is 1.10 bits per heavy atom. The Bertz CT molecular complexity index is 631. The van der Waals surface area contributed by atoms with Crippen LogP contribution in [0.1, 0.15) is 75.2 Å². The molecule has 2 amide bonds. The molecule has 0 aromatic heterocycles. The van der Waals surface area contributed by atoms with Gasteiger partial charge in [-0.3, -0.25) is 9.59 Å². The summed E-state index contributed by atoms with van der Waals surface area (Å²) < 4.78 is 5.06. The van der Waals surface area contributed by atoms with E-state index in [-0.39, 0.29) is 23.8 Å². The molecule has 0 aliphatic heterocycles. The Balaban J connectivity index is 5.89. The average Bonchev–Trinajstić information content (AvgIpc) is 2.66. The van der Waals surface area contributed by atoms with Crippen LogP contribution in [0.4, 0.5) is 0 Å². The van der Waals surface area contributed by atoms with E-state index in [1.807, 2.05) is 48.5 Å². The van der Waals surface area contributed by atoms with Crippen LogP contribution in [0.25, 0.3) is 0 Å². The van der Waals surface area contributed by atoms with E-state index in [1.54, 1.807) is 31.9 Å². The van der Waals surface area contributed by atoms with Crippen LogP contribution in [0, 0.1) is 11.3 Å². The van der Waals surface area contributed by atoms with E-state index < -0.39 is 23.0 Å². The van der Waals surface area contributed by atoms with E-state index in [0.29, 0.717) is 25.0 Å². The Kier molecular flexibility index (Phi) is 10.8. The molecule has 0 saturated heterocycles. The predicted molar refractivity (Wildman–Crippen MR) is 121 cm³/mol. The second-order valence-electron chi connectivity index (χ2n) is 9.39. The van der Waals surface area contributed by atoms with Crippen LogP contribution >= 0.6 is 0 Å². The van der Waals surface area contributed by atoms with Gasteiger partial charge in [-0.2, -0.15) is 0 Å². The van der Waals surface area contributed by atoms with Crippen molar-refractivity contribution in [2.45, 2.75) is 92.8 Å². The lowest BCUT2D eigenvalue weighted by atomic mass is 9.83. The fraction of sp³-hybridized carbons (Fsp3) is 0.783. The molecule has 0 radical (unpaired) electrons. The minimum atomic E-state index is -1.01. The number of likely N-dealkylation sites (N-methyl/N-ethyl adjacent to an activating group) is 1. The van der Waals surface area contributed by atoms with Crippen molar-refractivity contribution >= 4 is 17.8 Å². The molecule has 0 aliphatic rings. The molecule has 30 heavy (non-hydrogen) atoms. The quantitative estimate of drug-likeness (QED) is 0.414. The number of ether oxygens (including phenoxy) is 1. The number of carbonyl (C=O) groups is 3. The summed E-state index contributed by atoms with van der Waals surface area (Å²) in [4.78, 5) is 40.0. The first-order valence-corrected chi connectivity index (χ1v) is 10.9. The van der Waals surface area contributed by atoms with E-state index in [2.05, 4.69) is 5.32 Å². The summed E-state index contributed by atoms with van der Waals surface area (Å²) in [6, 6.07) is -1.09. The molecule has 3 N–H and O–H groups in total. The maximum atomic E-state index is 13.5. The molecule has 0 aromatic carbocycles. The highest BCUT2D eigenvalue weighted by Gasteiger charge is 2.40. The molecule has 1 unspecified atom stereocenters. The van der Waals surface area contributed by atoms with Crippen LogP contribution in [0.15, 0.2) is 11.6 Å². The van der Waals surface area contributed by atoms with Gasteiger partial charge in [0, 0.05) is 12.6 Å². The van der Waals surface area contributed by atoms with Gasteiger partial charge in [0.1, 0.15) is 6.04 Å². The summed E-state index contributed by atoms with van der Waals surface area (Å²) in [6.07, 6.45) is 2.71. The van der Waals surface area contributed by atoms with E-state index in [9.17, 15) is 14.4 Å². The van der Waals surface area contributed by atoms with E-state index in [4.69, 9.17) is 10.5 Å². The zero-order valence-corrected chi connectivity index (χ0v) is 20.6. The molecule has 0 fully saturated rings. The average molecular weight is 426 g/mol. The topological polar surface area (TPSA) is 102 Å². The van der Waals surface area contributed by atoms with Crippen molar-refractivity contribution in [3.8, 4) is 0 Å². The number of carbonyl (C=O) groups excluding carboxylic acids is 3. The second-order valence-corrected chi connectivity index (χ2v) is 9.39. The summed E-state index contributed by atoms with van der Waals surface area (Å²) in [5.41, 5.74) is 5.16. The van der Waals surface area contributed by atoms with Crippen LogP contribution in [-0.2, 0) is 19.1 Å². The van der Waals surface area contributed by atoms with E-state index in [1.165, 1.54) is 0 Å². The Morgan fingerprint density at radius 3 is 1.97 bits per heavy atom. The van der Waals surface area contributed by atoms with Crippen molar-refractivity contribution in [1.82, 2.24) is 10.2 Å². The van der Waals surface area contributed by atoms with Gasteiger partial charge < -0.3 is 20.7 Å². The zero-order valence-electron chi connectivity index (χ0n) is 20.6. The lowest BCUT2D eigenvalue weighted by molar-refractivity contribution is -0.141. The van der Waals surface area contributed by atoms with Crippen LogP contribution < -0.4 is 11.1 Å². The summed E-state index contributed by atoms with van der Waals surface area (Å²) in [7, 11) is 1.70. The van der Waals surface area contributed by atoms with Crippen molar-refractivity contribution in [1.29, 1.82) is 0 Å². The van der Waals surface area contributed by atoms with E-state index >= 15 is 0 Å². The summed E-state index contributed by atoms with van der Waals surface area (Å²) in [5.74, 6) is -0.895. The number of rotatable bonds is 10. The van der Waals surface area contributed by atoms with Gasteiger partial charge in [0.25, 0.3) is 0 Å². The zero-order chi connectivity index (χ0) is 23.9. The van der Waals surface area contributed by atoms with Crippen molar-refractivity contribution in [2.75, 3.05) is 13.7 Å². The number of hydrogen-bond acceptors (Lipinski definition) is 5. The third kappa shape index (κ3) is 7.42. The molecular weight excluding hydrogens is 382 g/mol. The smallest absolute Gasteiger partial charge is 0.333 e. The SMILES string of the molecule is CCOC(=O)/C(C)=C/[C@H](C(C)C)N(C)C(=O)C(NC(=O)C(N)(CC)CC)C(C)(C)C. The third-order valence-electron chi connectivity index (χ3n) is 5.60. The summed E-state index contributed by atoms with van der Waals surface area (Å²) in [6.45, 7) is 17.1. The molecule has 0 heterocycles. The first-order chi connectivity index (χ1) is 13.7. The summed E-state index contributed by atoms with van der Waals surface area (Å²) in [5, 5.41) is 2.90. The maximum Gasteiger partial charge on any atom is 0.333 e. The highest BCUT2D eigenvalue weighted by molar-refractivity contribution is 5.93. The molecule has 2 atom stereocenters. The highest BCUT2D eigenvalue weighted by atomic mass is 16.5. The molecule has 0 rings (SSSR count). The molecule has 7 nitrogen and oxygen atoms in total. The minimum absolute atomic E-state index is 0.0551. The van der Waals surface area contributed by atoms with Crippen molar-refractivity contribution in [2.24, 2.45) is 17.1 Å². The lowest BCUT2D eigenvalue weighted by Crippen LogP contribution is -2.62. The van der Waals surface area contributed by atoms with E-state index in [0.717, 1.165) is 0 Å². The van der Waals surface area contributed by atoms with Crippen LogP contribution in [0.5, 0.6) is 0 Å². The second kappa shape index (κ2) is 11.5. The largest absolute Gasteiger partial charge is 0.463 e. The van der Waals surface area contributed by atoms with Crippen molar-refractivity contribution in [3.63, 3.8) is 0 Å². The number of nitrogens with one attached hydrogen (secondary N) is 1. The van der Waals surface area contributed by atoms with Crippen LogP contribution in [-0.4, -0.2) is 54.0 Å². The standard InChI is InChI=1S/C23H43N3O4/c1-11-23(24,12-2)21(29)25-18(22(7,8)9)19(27)26(10)17(15(4)5)14-16(6)20(28)30-13-3/h14-15,17-18H,11-13,24H2,1-10H3,(H,25,29)/b16-14+/t17-,18?/m1/s1. The predicted octanol–water partition coefficient (Wildman–Crippen LogP) is 3.03. The van der Waals surface area contributed by atoms with Crippen LogP contribution in [0.3, 0.4) is 0 Å². The Morgan fingerprint density at radius 2 is 1.60 bits per heavy atom. The van der Waals surface area contributed by atoms with Crippen molar-refractivity contribution in [3.05, 3.63) is 11.6 Å². The normalized spacial score (nSPS) is 14.9. The fourth-order valence-electron chi connectivity index (χ4n) is 3.17. The summed E-state index contributed by atoms with van der Waals surface area (Å²) >= 11 is 0. The molecule has 174 valence electrons. The molecule has 0 aromatic rings. The molecule has 0 aliphatic carbocycles. The van der Waals surface area contributed by atoms with Gasteiger partial charge >= 0.3 is 5.97 Å². The van der Waals surface area contributed by atoms with Gasteiger partial charge in [0.05, 0.1) is 18.2 Å². The number of esters is 1. The molecule has 0 saturated carbocycles. The first-order valence-electron chi connectivity index (χ1n) is 10.9. The third-order valence-corrected chi connectivity index (χ3v) is 5.60. The highest BCUT2D eigenvalue weighted by Crippen LogP contribution is 2.25. The van der Waals surface area contributed by atoms with Gasteiger partial charge in [-0.1, -0.05) is 54.5 Å². The van der Waals surface area contributed by atoms with Gasteiger partial charge in [-0.15, -0.1) is 0 Å². The maximum absolute atomic E-state index is 13.5. The number of nitrogens with zero attached hydrogens (tertiary/aromatic N) is 1. The Labute approximate surface area is 182 Å². The molecule has 0 spiro atoms. The first kappa shape index (κ1) is 28.1. The minimum Gasteiger partial charge on any atom is -0.463 e. The molecule has 0 bridgehead atoms. The van der Waals surface area contributed by atoms with Crippen molar-refractivity contribution < 1.29 is 19.1 Å². The van der Waals surface area contributed by atoms with Gasteiger partial charge in [0.2, 0.25) is 11.8 Å². The molecular formula is C23H43N3O4. The number of nitrogens with two attached hydrogens (primary N) is 1.